The lowest BCUT2D eigenvalue weighted by atomic mass is 9.82. The molecule has 0 heterocycles. The third-order valence-corrected chi connectivity index (χ3v) is 3.46. The normalized spacial score (nSPS) is 44.8. The lowest BCUT2D eigenvalue weighted by Gasteiger charge is -2.30. The molecule has 12 heavy (non-hydrogen) atoms. The maximum Gasteiger partial charge on any atom is 0.326 e. The highest BCUT2D eigenvalue weighted by molar-refractivity contribution is 5.81. The van der Waals surface area contributed by atoms with Crippen molar-refractivity contribution in [3.05, 3.63) is 0 Å². The minimum absolute atomic E-state index is 0.213. The van der Waals surface area contributed by atoms with Gasteiger partial charge in [-0.05, 0) is 31.1 Å². The molecule has 2 rings (SSSR count). The van der Waals surface area contributed by atoms with Crippen LogP contribution in [0.3, 0.4) is 0 Å². The number of carbonyl (C=O) groups is 1. The molecule has 68 valence electrons. The van der Waals surface area contributed by atoms with E-state index in [1.807, 2.05) is 0 Å². The second-order valence-corrected chi connectivity index (χ2v) is 4.11. The zero-order valence-corrected chi connectivity index (χ0v) is 7.38. The molecule has 0 aromatic heterocycles. The highest BCUT2D eigenvalue weighted by Crippen LogP contribution is 2.49. The molecule has 3 atom stereocenters. The SMILES string of the molecule is COC(=O)[C@]1(N)C[C@@H]2CC[C@H]1C2. The van der Waals surface area contributed by atoms with Gasteiger partial charge in [0.05, 0.1) is 7.11 Å². The Morgan fingerprint density at radius 1 is 1.58 bits per heavy atom. The number of fused-ring (bicyclic) bond motifs is 2. The zero-order valence-electron chi connectivity index (χ0n) is 7.38. The zero-order chi connectivity index (χ0) is 8.77. The summed E-state index contributed by atoms with van der Waals surface area (Å²) in [5.74, 6) is 0.851. The molecule has 3 nitrogen and oxygen atoms in total. The van der Waals surface area contributed by atoms with E-state index in [2.05, 4.69) is 0 Å². The van der Waals surface area contributed by atoms with E-state index in [0.29, 0.717) is 11.8 Å². The molecule has 2 N–H and O–H groups in total. The van der Waals surface area contributed by atoms with Crippen molar-refractivity contribution in [3.63, 3.8) is 0 Å². The standard InChI is InChI=1S/C9H15NO2/c1-12-8(11)9(10)5-6-2-3-7(9)4-6/h6-7H,2-5,10H2,1H3/t6-,7+,9+/m1/s1. The fourth-order valence-corrected chi connectivity index (χ4v) is 2.81. The Bertz CT molecular complexity index is 217. The number of carbonyl (C=O) groups excluding carboxylic acids is 1. The van der Waals surface area contributed by atoms with E-state index < -0.39 is 5.54 Å². The number of nitrogens with two attached hydrogens (primary N) is 1. The average molecular weight is 169 g/mol. The predicted octanol–water partition coefficient (Wildman–Crippen LogP) is 0.677. The molecule has 0 amide bonds. The van der Waals surface area contributed by atoms with Gasteiger partial charge in [0.2, 0.25) is 0 Å². The first kappa shape index (κ1) is 8.05. The summed E-state index contributed by atoms with van der Waals surface area (Å²) in [6.45, 7) is 0. The van der Waals surface area contributed by atoms with E-state index in [9.17, 15) is 4.79 Å². The Labute approximate surface area is 72.3 Å². The van der Waals surface area contributed by atoms with Gasteiger partial charge in [-0.1, -0.05) is 6.42 Å². The summed E-state index contributed by atoms with van der Waals surface area (Å²) in [5, 5.41) is 0. The second kappa shape index (κ2) is 2.46. The highest BCUT2D eigenvalue weighted by Gasteiger charge is 2.53. The monoisotopic (exact) mass is 169 g/mol. The van der Waals surface area contributed by atoms with Crippen LogP contribution in [-0.2, 0) is 9.53 Å². The number of ether oxygens (including phenoxy) is 1. The second-order valence-electron chi connectivity index (χ2n) is 4.11. The molecule has 2 fully saturated rings. The molecule has 0 aromatic rings. The minimum atomic E-state index is -0.641. The maximum absolute atomic E-state index is 11.4. The fraction of sp³-hybridized carbons (Fsp3) is 0.889. The van der Waals surface area contributed by atoms with E-state index in [-0.39, 0.29) is 5.97 Å². The van der Waals surface area contributed by atoms with Crippen LogP contribution in [0.25, 0.3) is 0 Å². The van der Waals surface area contributed by atoms with Gasteiger partial charge in [0.25, 0.3) is 0 Å². The molecule has 2 bridgehead atoms. The van der Waals surface area contributed by atoms with Crippen molar-refractivity contribution in [1.29, 1.82) is 0 Å². The number of hydrogen-bond acceptors (Lipinski definition) is 3. The van der Waals surface area contributed by atoms with Crippen molar-refractivity contribution >= 4 is 5.97 Å². The minimum Gasteiger partial charge on any atom is -0.468 e. The van der Waals surface area contributed by atoms with E-state index >= 15 is 0 Å². The van der Waals surface area contributed by atoms with Crippen molar-refractivity contribution in [1.82, 2.24) is 0 Å². The van der Waals surface area contributed by atoms with E-state index in [4.69, 9.17) is 10.5 Å². The molecule has 0 radical (unpaired) electrons. The maximum atomic E-state index is 11.4. The van der Waals surface area contributed by atoms with Gasteiger partial charge in [0, 0.05) is 0 Å². The Hall–Kier alpha value is -0.570. The van der Waals surface area contributed by atoms with Gasteiger partial charge in [0.15, 0.2) is 0 Å². The lowest BCUT2D eigenvalue weighted by Crippen LogP contribution is -2.52. The smallest absolute Gasteiger partial charge is 0.326 e. The Kier molecular flexibility index (Phi) is 1.65. The molecule has 0 aromatic carbocycles. The summed E-state index contributed by atoms with van der Waals surface area (Å²) in [7, 11) is 1.42. The molecular formula is C9H15NO2. The molecule has 2 saturated carbocycles. The van der Waals surface area contributed by atoms with Crippen LogP contribution < -0.4 is 5.73 Å². The van der Waals surface area contributed by atoms with E-state index in [0.717, 1.165) is 19.3 Å². The molecule has 0 saturated heterocycles. The number of rotatable bonds is 1. The van der Waals surface area contributed by atoms with Crippen LogP contribution in [0.1, 0.15) is 25.7 Å². The molecule has 2 aliphatic rings. The van der Waals surface area contributed by atoms with Crippen molar-refractivity contribution in [2.24, 2.45) is 17.6 Å². The Morgan fingerprint density at radius 3 is 2.75 bits per heavy atom. The lowest BCUT2D eigenvalue weighted by molar-refractivity contribution is -0.149. The van der Waals surface area contributed by atoms with Crippen molar-refractivity contribution in [2.45, 2.75) is 31.2 Å². The summed E-state index contributed by atoms with van der Waals surface area (Å²) >= 11 is 0. The van der Waals surface area contributed by atoms with Gasteiger partial charge in [-0.3, -0.25) is 4.79 Å². The van der Waals surface area contributed by atoms with Crippen molar-refractivity contribution in [3.8, 4) is 0 Å². The van der Waals surface area contributed by atoms with Crippen LogP contribution in [0.4, 0.5) is 0 Å². The highest BCUT2D eigenvalue weighted by atomic mass is 16.5. The molecule has 0 aliphatic heterocycles. The molecular weight excluding hydrogens is 154 g/mol. The summed E-state index contributed by atoms with van der Waals surface area (Å²) in [5.41, 5.74) is 5.38. The van der Waals surface area contributed by atoms with E-state index in [1.54, 1.807) is 0 Å². The Morgan fingerprint density at radius 2 is 2.33 bits per heavy atom. The van der Waals surface area contributed by atoms with E-state index in [1.165, 1.54) is 13.5 Å². The van der Waals surface area contributed by atoms with Crippen LogP contribution in [0.5, 0.6) is 0 Å². The van der Waals surface area contributed by atoms with Gasteiger partial charge in [-0.25, -0.2) is 0 Å². The molecule has 0 spiro atoms. The fourth-order valence-electron chi connectivity index (χ4n) is 2.81. The average Bonchev–Trinajstić information content (AvgIpc) is 2.62. The van der Waals surface area contributed by atoms with Gasteiger partial charge >= 0.3 is 5.97 Å². The van der Waals surface area contributed by atoms with Gasteiger partial charge in [0.1, 0.15) is 5.54 Å². The summed E-state index contributed by atoms with van der Waals surface area (Å²) in [6, 6.07) is 0. The number of esters is 1. The van der Waals surface area contributed by atoms with Crippen molar-refractivity contribution < 1.29 is 9.53 Å². The molecule has 3 heteroatoms. The summed E-state index contributed by atoms with van der Waals surface area (Å²) in [4.78, 5) is 11.4. The third kappa shape index (κ3) is 0.891. The quantitative estimate of drug-likeness (QED) is 0.587. The van der Waals surface area contributed by atoms with Gasteiger partial charge in [-0.15, -0.1) is 0 Å². The summed E-state index contributed by atoms with van der Waals surface area (Å²) in [6.07, 6.45) is 4.33. The third-order valence-electron chi connectivity index (χ3n) is 3.46. The first-order valence-electron chi connectivity index (χ1n) is 4.54. The Balaban J connectivity index is 2.17. The van der Waals surface area contributed by atoms with Gasteiger partial charge < -0.3 is 10.5 Å². The predicted molar refractivity (Wildman–Crippen MR) is 44.4 cm³/mol. The van der Waals surface area contributed by atoms with Crippen molar-refractivity contribution in [2.75, 3.05) is 7.11 Å². The van der Waals surface area contributed by atoms with Gasteiger partial charge in [-0.2, -0.15) is 0 Å². The first-order chi connectivity index (χ1) is 5.66. The summed E-state index contributed by atoms with van der Waals surface area (Å²) < 4.78 is 4.73. The number of methoxy groups -OCH3 is 1. The number of hydrogen-bond donors (Lipinski definition) is 1. The van der Waals surface area contributed by atoms with Crippen LogP contribution in [-0.4, -0.2) is 18.6 Å². The topological polar surface area (TPSA) is 52.3 Å². The van der Waals surface area contributed by atoms with Crippen LogP contribution in [0.15, 0.2) is 0 Å². The van der Waals surface area contributed by atoms with Crippen LogP contribution >= 0.6 is 0 Å². The first-order valence-corrected chi connectivity index (χ1v) is 4.54. The van der Waals surface area contributed by atoms with Crippen LogP contribution in [0, 0.1) is 11.8 Å². The largest absolute Gasteiger partial charge is 0.468 e. The molecule has 2 aliphatic carbocycles. The molecule has 0 unspecified atom stereocenters. The van der Waals surface area contributed by atoms with Crippen LogP contribution in [0.2, 0.25) is 0 Å².